The summed E-state index contributed by atoms with van der Waals surface area (Å²) < 4.78 is 44.0. The van der Waals surface area contributed by atoms with Crippen LogP contribution in [0.4, 0.5) is 13.2 Å². The minimum Gasteiger partial charge on any atom is -0.490 e. The normalized spacial score (nSPS) is 22.9. The number of benzene rings is 1. The maximum Gasteiger partial charge on any atom is 0.416 e. The Kier molecular flexibility index (Phi) is 4.44. The van der Waals surface area contributed by atoms with E-state index >= 15 is 0 Å². The van der Waals surface area contributed by atoms with E-state index in [4.69, 9.17) is 15.9 Å². The summed E-state index contributed by atoms with van der Waals surface area (Å²) in [5.74, 6) is 0.383. The van der Waals surface area contributed by atoms with Crippen molar-refractivity contribution in [2.75, 3.05) is 0 Å². The van der Waals surface area contributed by atoms with Gasteiger partial charge in [0, 0.05) is 0 Å². The van der Waals surface area contributed by atoms with Crippen LogP contribution in [0, 0.1) is 11.3 Å². The van der Waals surface area contributed by atoms with Crippen LogP contribution in [0.3, 0.4) is 0 Å². The van der Waals surface area contributed by atoms with Crippen molar-refractivity contribution in [3.8, 4) is 5.75 Å². The van der Waals surface area contributed by atoms with E-state index in [2.05, 4.69) is 6.92 Å². The van der Waals surface area contributed by atoms with E-state index in [1.165, 1.54) is 6.07 Å². The zero-order valence-corrected chi connectivity index (χ0v) is 11.8. The molecule has 1 aromatic carbocycles. The lowest BCUT2D eigenvalue weighted by Gasteiger charge is -2.28. The second kappa shape index (κ2) is 5.95. The van der Waals surface area contributed by atoms with Gasteiger partial charge in [-0.15, -0.1) is 0 Å². The monoisotopic (exact) mass is 300 g/mol. The van der Waals surface area contributed by atoms with Crippen molar-refractivity contribution in [2.24, 2.45) is 11.7 Å². The molecule has 1 aliphatic carbocycles. The molecule has 1 aromatic rings. The number of hydrogen-bond acceptors (Lipinski definition) is 2. The summed E-state index contributed by atoms with van der Waals surface area (Å²) in [6, 6.07) is 3.11. The summed E-state index contributed by atoms with van der Waals surface area (Å²) in [5.41, 5.74) is 4.58. The van der Waals surface area contributed by atoms with Gasteiger partial charge >= 0.3 is 6.18 Å². The molecule has 21 heavy (non-hydrogen) atoms. The number of halogens is 3. The van der Waals surface area contributed by atoms with Gasteiger partial charge in [-0.05, 0) is 43.4 Å². The molecule has 1 fully saturated rings. The molecule has 0 amide bonds. The Morgan fingerprint density at radius 3 is 2.62 bits per heavy atom. The van der Waals surface area contributed by atoms with Gasteiger partial charge in [-0.2, -0.15) is 13.2 Å². The van der Waals surface area contributed by atoms with Gasteiger partial charge in [0.25, 0.3) is 0 Å². The predicted octanol–water partition coefficient (Wildman–Crippen LogP) is 3.95. The standard InChI is InChI=1S/C15H19F3N2O/c1-9-3-2-4-11(7-9)21-13-6-5-10(15(16,17)18)8-12(13)14(19)20/h5-6,8-9,11H,2-4,7H2,1H3,(H3,19,20). The van der Waals surface area contributed by atoms with Gasteiger partial charge in [0.1, 0.15) is 11.6 Å². The first-order valence-electron chi connectivity index (χ1n) is 6.99. The van der Waals surface area contributed by atoms with Crippen molar-refractivity contribution in [3.63, 3.8) is 0 Å². The van der Waals surface area contributed by atoms with Crippen LogP contribution in [0.25, 0.3) is 0 Å². The molecule has 6 heteroatoms. The number of nitrogens with two attached hydrogens (primary N) is 1. The summed E-state index contributed by atoms with van der Waals surface area (Å²) in [4.78, 5) is 0. The molecule has 2 unspecified atom stereocenters. The lowest BCUT2D eigenvalue weighted by Crippen LogP contribution is -2.25. The zero-order valence-electron chi connectivity index (χ0n) is 11.8. The Morgan fingerprint density at radius 1 is 1.33 bits per heavy atom. The van der Waals surface area contributed by atoms with Crippen LogP contribution in [0.1, 0.15) is 43.7 Å². The first kappa shape index (κ1) is 15.7. The Labute approximate surface area is 121 Å². The van der Waals surface area contributed by atoms with Crippen molar-refractivity contribution in [1.82, 2.24) is 0 Å². The number of nitrogens with one attached hydrogen (secondary N) is 1. The lowest BCUT2D eigenvalue weighted by molar-refractivity contribution is -0.137. The van der Waals surface area contributed by atoms with Crippen molar-refractivity contribution in [3.05, 3.63) is 29.3 Å². The largest absolute Gasteiger partial charge is 0.490 e. The third-order valence-electron chi connectivity index (χ3n) is 3.78. The fourth-order valence-electron chi connectivity index (χ4n) is 2.68. The molecule has 0 spiro atoms. The Hall–Kier alpha value is -1.72. The van der Waals surface area contributed by atoms with Gasteiger partial charge in [0.15, 0.2) is 0 Å². The zero-order chi connectivity index (χ0) is 15.6. The quantitative estimate of drug-likeness (QED) is 0.656. The highest BCUT2D eigenvalue weighted by molar-refractivity contribution is 5.97. The summed E-state index contributed by atoms with van der Waals surface area (Å²) in [6.07, 6.45) is -0.541. The third-order valence-corrected chi connectivity index (χ3v) is 3.78. The SMILES string of the molecule is CC1CCCC(Oc2ccc(C(F)(F)F)cc2C(=N)N)C1. The molecule has 0 saturated heterocycles. The van der Waals surface area contributed by atoms with Crippen LogP contribution in [0.5, 0.6) is 5.75 Å². The number of hydrogen-bond donors (Lipinski definition) is 2. The van der Waals surface area contributed by atoms with Gasteiger partial charge in [0.05, 0.1) is 17.2 Å². The molecule has 2 rings (SSSR count). The maximum atomic E-state index is 12.7. The third kappa shape index (κ3) is 3.89. The van der Waals surface area contributed by atoms with E-state index in [1.807, 2.05) is 0 Å². The van der Waals surface area contributed by atoms with Crippen LogP contribution >= 0.6 is 0 Å². The maximum absolute atomic E-state index is 12.7. The molecule has 0 bridgehead atoms. The molecule has 2 atom stereocenters. The number of rotatable bonds is 3. The molecule has 0 radical (unpaired) electrons. The summed E-state index contributed by atoms with van der Waals surface area (Å²) >= 11 is 0. The highest BCUT2D eigenvalue weighted by Crippen LogP contribution is 2.34. The van der Waals surface area contributed by atoms with Crippen LogP contribution < -0.4 is 10.5 Å². The summed E-state index contributed by atoms with van der Waals surface area (Å²) in [7, 11) is 0. The summed E-state index contributed by atoms with van der Waals surface area (Å²) in [5, 5.41) is 7.46. The van der Waals surface area contributed by atoms with Gasteiger partial charge < -0.3 is 10.5 Å². The van der Waals surface area contributed by atoms with E-state index in [1.54, 1.807) is 0 Å². The van der Waals surface area contributed by atoms with Crippen LogP contribution in [-0.2, 0) is 6.18 Å². The molecule has 3 N–H and O–H groups in total. The highest BCUT2D eigenvalue weighted by atomic mass is 19.4. The average molecular weight is 300 g/mol. The second-order valence-corrected chi connectivity index (χ2v) is 5.63. The minimum absolute atomic E-state index is 0.00283. The first-order valence-corrected chi connectivity index (χ1v) is 6.99. The average Bonchev–Trinajstić information content (AvgIpc) is 2.37. The lowest BCUT2D eigenvalue weighted by atomic mass is 9.88. The molecular formula is C15H19F3N2O. The van der Waals surface area contributed by atoms with E-state index in [0.29, 0.717) is 5.92 Å². The Morgan fingerprint density at radius 2 is 2.05 bits per heavy atom. The van der Waals surface area contributed by atoms with E-state index in [9.17, 15) is 13.2 Å². The van der Waals surface area contributed by atoms with Gasteiger partial charge in [-0.25, -0.2) is 0 Å². The second-order valence-electron chi connectivity index (χ2n) is 5.63. The van der Waals surface area contributed by atoms with Gasteiger partial charge in [-0.3, -0.25) is 5.41 Å². The van der Waals surface area contributed by atoms with Crippen molar-refractivity contribution >= 4 is 5.84 Å². The van der Waals surface area contributed by atoms with Gasteiger partial charge in [-0.1, -0.05) is 13.3 Å². The first-order chi connectivity index (χ1) is 9.77. The van der Waals surface area contributed by atoms with E-state index in [-0.39, 0.29) is 17.4 Å². The smallest absolute Gasteiger partial charge is 0.416 e. The highest BCUT2D eigenvalue weighted by Gasteiger charge is 2.32. The topological polar surface area (TPSA) is 59.1 Å². The van der Waals surface area contributed by atoms with Crippen molar-refractivity contribution in [2.45, 2.75) is 44.9 Å². The number of alkyl halides is 3. The molecular weight excluding hydrogens is 281 g/mol. The van der Waals surface area contributed by atoms with Crippen LogP contribution in [0.2, 0.25) is 0 Å². The molecule has 1 saturated carbocycles. The predicted molar refractivity (Wildman–Crippen MR) is 74.5 cm³/mol. The molecule has 0 aliphatic heterocycles. The van der Waals surface area contributed by atoms with Crippen molar-refractivity contribution in [1.29, 1.82) is 5.41 Å². The number of ether oxygens (including phenoxy) is 1. The molecule has 116 valence electrons. The van der Waals surface area contributed by atoms with Crippen LogP contribution in [-0.4, -0.2) is 11.9 Å². The molecule has 0 heterocycles. The molecule has 1 aliphatic rings. The fourth-order valence-corrected chi connectivity index (χ4v) is 2.68. The van der Waals surface area contributed by atoms with Crippen LogP contribution in [0.15, 0.2) is 18.2 Å². The molecule has 0 aromatic heterocycles. The van der Waals surface area contributed by atoms with Crippen molar-refractivity contribution < 1.29 is 17.9 Å². The number of amidine groups is 1. The fraction of sp³-hybridized carbons (Fsp3) is 0.533. The molecule has 3 nitrogen and oxygen atoms in total. The minimum atomic E-state index is -4.46. The van der Waals surface area contributed by atoms with E-state index in [0.717, 1.165) is 37.8 Å². The summed E-state index contributed by atoms with van der Waals surface area (Å²) in [6.45, 7) is 2.13. The Balaban J connectivity index is 2.24. The Bertz CT molecular complexity index is 528. The van der Waals surface area contributed by atoms with E-state index < -0.39 is 17.6 Å². The number of nitrogen functional groups attached to an aromatic ring is 1. The van der Waals surface area contributed by atoms with Gasteiger partial charge in [0.2, 0.25) is 0 Å².